The van der Waals surface area contributed by atoms with Gasteiger partial charge < -0.3 is 5.73 Å². The van der Waals surface area contributed by atoms with Gasteiger partial charge in [0.05, 0.1) is 0 Å². The molecule has 0 unspecified atom stereocenters. The van der Waals surface area contributed by atoms with Crippen LogP contribution in [-0.2, 0) is 0 Å². The van der Waals surface area contributed by atoms with E-state index in [1.54, 1.807) is 6.08 Å². The van der Waals surface area contributed by atoms with E-state index in [2.05, 4.69) is 6.58 Å². The normalized spacial score (nSPS) is 9.33. The maximum atomic E-state index is 4.99. The second-order valence-corrected chi connectivity index (χ2v) is 0.953. The fraction of sp³-hybridized carbons (Fsp3) is 0.200. The Hall–Kier alpha value is -0.720. The number of hydrogen-bond donors (Lipinski definition) is 1. The third kappa shape index (κ3) is 3.28. The van der Waals surface area contributed by atoms with Crippen molar-refractivity contribution >= 4 is 0 Å². The lowest BCUT2D eigenvalue weighted by Gasteiger charge is -1.70. The van der Waals surface area contributed by atoms with Crippen LogP contribution in [0.25, 0.3) is 0 Å². The van der Waals surface area contributed by atoms with Crippen molar-refractivity contribution in [3.05, 3.63) is 24.9 Å². The topological polar surface area (TPSA) is 26.0 Å². The van der Waals surface area contributed by atoms with Crippen LogP contribution in [0.2, 0.25) is 0 Å². The van der Waals surface area contributed by atoms with Gasteiger partial charge in [-0.25, -0.2) is 0 Å². The predicted octanol–water partition coefficient (Wildman–Crippen LogP) is 1.03. The summed E-state index contributed by atoms with van der Waals surface area (Å²) in [4.78, 5) is 0. The molecule has 0 radical (unpaired) electrons. The lowest BCUT2D eigenvalue weighted by molar-refractivity contribution is 1.37. The van der Waals surface area contributed by atoms with Crippen LogP contribution < -0.4 is 5.73 Å². The third-order valence-corrected chi connectivity index (χ3v) is 0.439. The molecule has 1 nitrogen and oxygen atoms in total. The van der Waals surface area contributed by atoms with E-state index in [4.69, 9.17) is 5.73 Å². The Kier molecular flexibility index (Phi) is 3.77. The molecule has 6 heavy (non-hydrogen) atoms. The standard InChI is InChI=1S/C5H9N/c1-2-3-4-5-6/h2,4-5H,1,3,6H2/b5-4+. The van der Waals surface area contributed by atoms with Gasteiger partial charge in [0.2, 0.25) is 0 Å². The maximum absolute atomic E-state index is 4.99. The zero-order chi connectivity index (χ0) is 4.83. The first kappa shape index (κ1) is 5.28. The first-order valence-electron chi connectivity index (χ1n) is 1.89. The summed E-state index contributed by atoms with van der Waals surface area (Å²) in [6, 6.07) is 0. The lowest BCUT2D eigenvalue weighted by Crippen LogP contribution is -1.72. The lowest BCUT2D eigenvalue weighted by atomic mass is 10.4. The van der Waals surface area contributed by atoms with E-state index in [-0.39, 0.29) is 0 Å². The van der Waals surface area contributed by atoms with Crippen molar-refractivity contribution < 1.29 is 0 Å². The molecule has 0 aliphatic carbocycles. The molecular formula is C5H9N. The molecule has 0 heterocycles. The molecule has 0 bridgehead atoms. The van der Waals surface area contributed by atoms with E-state index < -0.39 is 0 Å². The molecule has 0 aliphatic rings. The summed E-state index contributed by atoms with van der Waals surface area (Å²) in [5, 5.41) is 0. The van der Waals surface area contributed by atoms with Gasteiger partial charge in [-0.3, -0.25) is 0 Å². The van der Waals surface area contributed by atoms with Gasteiger partial charge in [-0.05, 0) is 12.6 Å². The minimum absolute atomic E-state index is 0.872. The SMILES string of the molecule is C=CC/C=C/N. The second kappa shape index (κ2) is 4.28. The molecule has 1 heteroatoms. The predicted molar refractivity (Wildman–Crippen MR) is 28.1 cm³/mol. The van der Waals surface area contributed by atoms with Crippen LogP contribution >= 0.6 is 0 Å². The van der Waals surface area contributed by atoms with Crippen LogP contribution in [0.1, 0.15) is 6.42 Å². The Morgan fingerprint density at radius 2 is 2.33 bits per heavy atom. The molecular weight excluding hydrogens is 74.1 g/mol. The van der Waals surface area contributed by atoms with Crippen molar-refractivity contribution in [3.63, 3.8) is 0 Å². The highest BCUT2D eigenvalue weighted by Gasteiger charge is 1.57. The molecule has 0 rings (SSSR count). The number of hydrogen-bond acceptors (Lipinski definition) is 1. The number of nitrogens with two attached hydrogens (primary N) is 1. The number of rotatable bonds is 2. The Balaban J connectivity index is 2.85. The van der Waals surface area contributed by atoms with Crippen LogP contribution in [-0.4, -0.2) is 0 Å². The Bertz CT molecular complexity index is 55.0. The molecule has 0 amide bonds. The highest BCUT2D eigenvalue weighted by atomic mass is 14.5. The van der Waals surface area contributed by atoms with Gasteiger partial charge in [-0.1, -0.05) is 12.2 Å². The van der Waals surface area contributed by atoms with Crippen molar-refractivity contribution in [2.24, 2.45) is 5.73 Å². The van der Waals surface area contributed by atoms with Crippen molar-refractivity contribution in [1.82, 2.24) is 0 Å². The Morgan fingerprint density at radius 1 is 1.67 bits per heavy atom. The van der Waals surface area contributed by atoms with Gasteiger partial charge in [0.1, 0.15) is 0 Å². The zero-order valence-electron chi connectivity index (χ0n) is 3.72. The highest BCUT2D eigenvalue weighted by Crippen LogP contribution is 1.76. The van der Waals surface area contributed by atoms with Crippen LogP contribution in [0, 0.1) is 0 Å². The monoisotopic (exact) mass is 83.1 g/mol. The van der Waals surface area contributed by atoms with E-state index in [1.165, 1.54) is 6.20 Å². The highest BCUT2D eigenvalue weighted by molar-refractivity contribution is 4.84. The first-order valence-corrected chi connectivity index (χ1v) is 1.89. The summed E-state index contributed by atoms with van der Waals surface area (Å²) < 4.78 is 0. The van der Waals surface area contributed by atoms with Crippen LogP contribution in [0.5, 0.6) is 0 Å². The van der Waals surface area contributed by atoms with Crippen molar-refractivity contribution in [3.8, 4) is 0 Å². The quantitative estimate of drug-likeness (QED) is 0.496. The summed E-state index contributed by atoms with van der Waals surface area (Å²) in [6.45, 7) is 3.49. The second-order valence-electron chi connectivity index (χ2n) is 0.953. The molecule has 0 fully saturated rings. The van der Waals surface area contributed by atoms with E-state index in [0.717, 1.165) is 6.42 Å². The van der Waals surface area contributed by atoms with E-state index in [9.17, 15) is 0 Å². The average Bonchev–Trinajstić information content (AvgIpc) is 1.61. The molecule has 0 atom stereocenters. The molecule has 34 valence electrons. The van der Waals surface area contributed by atoms with Gasteiger partial charge >= 0.3 is 0 Å². The molecule has 0 aromatic rings. The zero-order valence-corrected chi connectivity index (χ0v) is 3.72. The van der Waals surface area contributed by atoms with Crippen LogP contribution in [0.15, 0.2) is 24.9 Å². The largest absolute Gasteiger partial charge is 0.405 e. The molecule has 0 spiro atoms. The maximum Gasteiger partial charge on any atom is -0.00999 e. The summed E-state index contributed by atoms with van der Waals surface area (Å²) in [5.41, 5.74) is 4.99. The van der Waals surface area contributed by atoms with Gasteiger partial charge in [-0.2, -0.15) is 0 Å². The molecule has 0 aromatic heterocycles. The Labute approximate surface area is 38.2 Å². The fourth-order valence-corrected chi connectivity index (χ4v) is 0.175. The van der Waals surface area contributed by atoms with Crippen LogP contribution in [0.4, 0.5) is 0 Å². The van der Waals surface area contributed by atoms with Crippen molar-refractivity contribution in [2.75, 3.05) is 0 Å². The summed E-state index contributed by atoms with van der Waals surface area (Å²) in [7, 11) is 0. The van der Waals surface area contributed by atoms with E-state index in [1.807, 2.05) is 6.08 Å². The van der Waals surface area contributed by atoms with E-state index in [0.29, 0.717) is 0 Å². The summed E-state index contributed by atoms with van der Waals surface area (Å²) >= 11 is 0. The Morgan fingerprint density at radius 3 is 2.50 bits per heavy atom. The van der Waals surface area contributed by atoms with Gasteiger partial charge in [-0.15, -0.1) is 6.58 Å². The van der Waals surface area contributed by atoms with Crippen molar-refractivity contribution in [2.45, 2.75) is 6.42 Å². The number of allylic oxidation sites excluding steroid dienone is 2. The smallest absolute Gasteiger partial charge is 0.00999 e. The molecule has 0 aromatic carbocycles. The first-order chi connectivity index (χ1) is 2.91. The minimum Gasteiger partial charge on any atom is -0.405 e. The molecule has 0 saturated carbocycles. The van der Waals surface area contributed by atoms with Gasteiger partial charge in [0.25, 0.3) is 0 Å². The molecule has 0 aliphatic heterocycles. The van der Waals surface area contributed by atoms with Gasteiger partial charge in [0, 0.05) is 0 Å². The molecule has 0 saturated heterocycles. The molecule has 2 N–H and O–H groups in total. The van der Waals surface area contributed by atoms with Gasteiger partial charge in [0.15, 0.2) is 0 Å². The van der Waals surface area contributed by atoms with Crippen molar-refractivity contribution in [1.29, 1.82) is 0 Å². The van der Waals surface area contributed by atoms with Crippen LogP contribution in [0.3, 0.4) is 0 Å². The fourth-order valence-electron chi connectivity index (χ4n) is 0.175. The average molecular weight is 83.1 g/mol. The summed E-state index contributed by atoms with van der Waals surface area (Å²) in [5.74, 6) is 0. The third-order valence-electron chi connectivity index (χ3n) is 0.439. The minimum atomic E-state index is 0.872. The van der Waals surface area contributed by atoms with E-state index >= 15 is 0 Å². The summed E-state index contributed by atoms with van der Waals surface area (Å²) in [6.07, 6.45) is 6.02.